The van der Waals surface area contributed by atoms with Crippen LogP contribution in [0.25, 0.3) is 0 Å². The number of Topliss-reactive ketones (excluding diaryl/α,β-unsaturated/α-hetero) is 1. The number of benzene rings is 2. The van der Waals surface area contributed by atoms with Gasteiger partial charge in [-0.15, -0.1) is 0 Å². The Morgan fingerprint density at radius 1 is 1.10 bits per heavy atom. The van der Waals surface area contributed by atoms with Crippen molar-refractivity contribution in [1.82, 2.24) is 4.90 Å². The summed E-state index contributed by atoms with van der Waals surface area (Å²) in [5.41, 5.74) is 4.68. The molecule has 6 heteroatoms. The molecule has 0 radical (unpaired) electrons. The van der Waals surface area contributed by atoms with Crippen molar-refractivity contribution < 1.29 is 24.2 Å². The van der Waals surface area contributed by atoms with Gasteiger partial charge in [0.15, 0.2) is 11.5 Å². The molecular formula is C36H49NO5. The van der Waals surface area contributed by atoms with Gasteiger partial charge in [0.2, 0.25) is 5.91 Å². The largest absolute Gasteiger partial charge is 0.508 e. The Morgan fingerprint density at radius 3 is 2.62 bits per heavy atom. The molecule has 42 heavy (non-hydrogen) atoms. The van der Waals surface area contributed by atoms with E-state index in [1.165, 1.54) is 11.1 Å². The smallest absolute Gasteiger partial charge is 0.222 e. The lowest BCUT2D eigenvalue weighted by Gasteiger charge is -2.50. The molecule has 0 aliphatic heterocycles. The highest BCUT2D eigenvalue weighted by molar-refractivity contribution is 5.87. The van der Waals surface area contributed by atoms with Crippen LogP contribution in [0.3, 0.4) is 0 Å². The van der Waals surface area contributed by atoms with E-state index in [0.717, 1.165) is 68.9 Å². The Kier molecular flexibility index (Phi) is 9.20. The lowest BCUT2D eigenvalue weighted by molar-refractivity contribution is -0.130. The molecule has 1 N–H and O–H groups in total. The number of hydrogen-bond donors (Lipinski definition) is 1. The number of fused-ring (bicyclic) bond motifs is 5. The monoisotopic (exact) mass is 575 g/mol. The van der Waals surface area contributed by atoms with Gasteiger partial charge in [-0.3, -0.25) is 9.59 Å². The molecule has 2 aromatic rings. The van der Waals surface area contributed by atoms with Crippen LogP contribution in [0.1, 0.15) is 93.4 Å². The Bertz CT molecular complexity index is 1300. The van der Waals surface area contributed by atoms with E-state index in [1.54, 1.807) is 14.2 Å². The highest BCUT2D eigenvalue weighted by Crippen LogP contribution is 2.62. The van der Waals surface area contributed by atoms with Crippen LogP contribution in [-0.4, -0.2) is 49.5 Å². The van der Waals surface area contributed by atoms with E-state index in [0.29, 0.717) is 66.1 Å². The zero-order valence-corrected chi connectivity index (χ0v) is 26.2. The van der Waals surface area contributed by atoms with E-state index in [9.17, 15) is 14.7 Å². The topological polar surface area (TPSA) is 76.1 Å². The van der Waals surface area contributed by atoms with E-state index < -0.39 is 0 Å². The molecule has 0 bridgehead atoms. The van der Waals surface area contributed by atoms with Crippen LogP contribution in [0.15, 0.2) is 30.3 Å². The van der Waals surface area contributed by atoms with Crippen molar-refractivity contribution in [1.29, 1.82) is 0 Å². The number of phenolic OH excluding ortho intramolecular Hbond substituents is 1. The van der Waals surface area contributed by atoms with Crippen molar-refractivity contribution in [3.05, 3.63) is 52.6 Å². The fraction of sp³-hybridized carbons (Fsp3) is 0.611. The van der Waals surface area contributed by atoms with E-state index in [4.69, 9.17) is 9.47 Å². The van der Waals surface area contributed by atoms with Crippen LogP contribution < -0.4 is 9.47 Å². The maximum atomic E-state index is 13.4. The minimum absolute atomic E-state index is 0.166. The number of ether oxygens (including phenoxy) is 2. The van der Waals surface area contributed by atoms with Crippen molar-refractivity contribution in [2.75, 3.05) is 27.8 Å². The first-order chi connectivity index (χ1) is 20.2. The molecule has 5 atom stereocenters. The Morgan fingerprint density at radius 2 is 1.88 bits per heavy atom. The summed E-state index contributed by atoms with van der Waals surface area (Å²) in [7, 11) is 5.14. The van der Waals surface area contributed by atoms with Crippen molar-refractivity contribution in [3.63, 3.8) is 0 Å². The Labute approximate surface area is 251 Å². The number of likely N-dealkylation sites (N-methyl/N-ethyl adjacent to an activating group) is 1. The summed E-state index contributed by atoms with van der Waals surface area (Å²) in [6.45, 7) is 5.04. The van der Waals surface area contributed by atoms with Crippen molar-refractivity contribution in [2.24, 2.45) is 23.2 Å². The molecular weight excluding hydrogens is 526 g/mol. The molecule has 0 heterocycles. The van der Waals surface area contributed by atoms with Crippen LogP contribution in [0.4, 0.5) is 0 Å². The Hall–Kier alpha value is -3.02. The molecule has 3 aliphatic carbocycles. The molecule has 228 valence electrons. The summed E-state index contributed by atoms with van der Waals surface area (Å²) in [6.07, 6.45) is 9.70. The van der Waals surface area contributed by atoms with Gasteiger partial charge >= 0.3 is 0 Å². The van der Waals surface area contributed by atoms with Crippen LogP contribution in [-0.2, 0) is 28.9 Å². The third-order valence-electron chi connectivity index (χ3n) is 10.9. The predicted octanol–water partition coefficient (Wildman–Crippen LogP) is 6.88. The molecule has 2 unspecified atom stereocenters. The number of ketones is 1. The number of aromatic hydroxyl groups is 1. The predicted molar refractivity (Wildman–Crippen MR) is 165 cm³/mol. The van der Waals surface area contributed by atoms with Crippen LogP contribution in [0.5, 0.6) is 17.2 Å². The normalized spacial score (nSPS) is 26.3. The summed E-state index contributed by atoms with van der Waals surface area (Å²) >= 11 is 0. The number of aryl methyl sites for hydroxylation is 2. The van der Waals surface area contributed by atoms with Crippen LogP contribution in [0, 0.1) is 23.2 Å². The first kappa shape index (κ1) is 30.4. The molecule has 3 aliphatic rings. The third-order valence-corrected chi connectivity index (χ3v) is 10.9. The minimum Gasteiger partial charge on any atom is -0.508 e. The maximum absolute atomic E-state index is 13.4. The lowest BCUT2D eigenvalue weighted by atomic mass is 9.54. The molecule has 2 aromatic carbocycles. The SMILES string of the molecule is CCCc1cc2c(cc1O)CCC1[C@@H]2CCC2(C)C(=O)C[C@@H](CCCC(=O)N(C)CCc3ccc(OC)c(OC)c3)[C@@H]12. The number of phenols is 1. The minimum atomic E-state index is -0.229. The van der Waals surface area contributed by atoms with Crippen molar-refractivity contribution in [2.45, 2.75) is 90.4 Å². The molecule has 0 aromatic heterocycles. The van der Waals surface area contributed by atoms with Gasteiger partial charge in [0, 0.05) is 31.8 Å². The summed E-state index contributed by atoms with van der Waals surface area (Å²) in [5, 5.41) is 10.6. The molecule has 5 rings (SSSR count). The van der Waals surface area contributed by atoms with Gasteiger partial charge in [-0.05, 0) is 115 Å². The fourth-order valence-electron chi connectivity index (χ4n) is 8.61. The first-order valence-electron chi connectivity index (χ1n) is 16.0. The number of rotatable bonds is 11. The van der Waals surface area contributed by atoms with Gasteiger partial charge < -0.3 is 19.5 Å². The zero-order chi connectivity index (χ0) is 30.0. The second-order valence-electron chi connectivity index (χ2n) is 13.3. The van der Waals surface area contributed by atoms with Gasteiger partial charge in [-0.25, -0.2) is 0 Å². The molecule has 1 amide bonds. The van der Waals surface area contributed by atoms with E-state index in [-0.39, 0.29) is 11.3 Å². The van der Waals surface area contributed by atoms with Crippen LogP contribution in [0.2, 0.25) is 0 Å². The number of carbonyl (C=O) groups is 2. The van der Waals surface area contributed by atoms with Gasteiger partial charge in [0.1, 0.15) is 11.5 Å². The quantitative estimate of drug-likeness (QED) is 0.316. The van der Waals surface area contributed by atoms with E-state index in [2.05, 4.69) is 19.9 Å². The molecule has 0 saturated heterocycles. The molecule has 0 spiro atoms. The summed E-state index contributed by atoms with van der Waals surface area (Å²) in [5.74, 6) is 4.18. The average Bonchev–Trinajstić information content (AvgIpc) is 3.25. The maximum Gasteiger partial charge on any atom is 0.222 e. The van der Waals surface area contributed by atoms with E-state index >= 15 is 0 Å². The molecule has 2 saturated carbocycles. The number of amides is 1. The highest BCUT2D eigenvalue weighted by Gasteiger charge is 2.58. The highest BCUT2D eigenvalue weighted by atomic mass is 16.5. The molecule has 6 nitrogen and oxygen atoms in total. The first-order valence-corrected chi connectivity index (χ1v) is 16.0. The zero-order valence-electron chi connectivity index (χ0n) is 26.2. The number of carbonyl (C=O) groups excluding carboxylic acids is 2. The van der Waals surface area contributed by atoms with E-state index in [1.807, 2.05) is 36.2 Å². The second-order valence-corrected chi connectivity index (χ2v) is 13.3. The molecule has 2 fully saturated rings. The number of methoxy groups -OCH3 is 2. The number of hydrogen-bond acceptors (Lipinski definition) is 5. The standard InChI is InChI=1S/C36H49NO5/c1-6-8-25-20-29-24(21-30(25)38)12-13-28-27(29)15-17-36(2)33(39)22-26(35(28)36)9-7-10-34(40)37(3)18-16-23-11-14-31(41-4)32(19-23)42-5/h11,14,19-21,26-28,35,38H,6-10,12-13,15-18,22H2,1-5H3/t26-,27+,28?,35+,36?/m1/s1. The fourth-order valence-corrected chi connectivity index (χ4v) is 8.61. The Balaban J connectivity index is 1.20. The van der Waals surface area contributed by atoms with Gasteiger partial charge in [0.25, 0.3) is 0 Å². The third kappa shape index (κ3) is 5.78. The average molecular weight is 576 g/mol. The number of nitrogens with zero attached hydrogens (tertiary/aromatic N) is 1. The summed E-state index contributed by atoms with van der Waals surface area (Å²) < 4.78 is 10.7. The second kappa shape index (κ2) is 12.7. The summed E-state index contributed by atoms with van der Waals surface area (Å²) in [6, 6.07) is 10.2. The van der Waals surface area contributed by atoms with Gasteiger partial charge in [0.05, 0.1) is 14.2 Å². The van der Waals surface area contributed by atoms with Crippen LogP contribution >= 0.6 is 0 Å². The summed E-state index contributed by atoms with van der Waals surface area (Å²) in [4.78, 5) is 28.3. The lowest BCUT2D eigenvalue weighted by Crippen LogP contribution is -2.44. The van der Waals surface area contributed by atoms with Gasteiger partial charge in [-0.2, -0.15) is 0 Å². The van der Waals surface area contributed by atoms with Gasteiger partial charge in [-0.1, -0.05) is 32.4 Å². The van der Waals surface area contributed by atoms with Crippen molar-refractivity contribution >= 4 is 11.7 Å². The van der Waals surface area contributed by atoms with Crippen molar-refractivity contribution in [3.8, 4) is 17.2 Å².